The molecule has 3 heteroatoms. The molecule has 1 unspecified atom stereocenters. The molecule has 16 heavy (non-hydrogen) atoms. The van der Waals surface area contributed by atoms with E-state index in [0.717, 1.165) is 12.2 Å². The van der Waals surface area contributed by atoms with Gasteiger partial charge in [0.2, 0.25) is 0 Å². The molecule has 1 aromatic rings. The second-order valence-corrected chi connectivity index (χ2v) is 4.32. The lowest BCUT2D eigenvalue weighted by Crippen LogP contribution is -2.31. The number of nitrogens with two attached hydrogens (primary N) is 1. The number of aromatic nitrogens is 1. The lowest BCUT2D eigenvalue weighted by molar-refractivity contribution is 0.246. The van der Waals surface area contributed by atoms with Crippen LogP contribution in [-0.4, -0.2) is 30.0 Å². The van der Waals surface area contributed by atoms with Gasteiger partial charge in [0, 0.05) is 24.5 Å². The third-order valence-electron chi connectivity index (χ3n) is 2.94. The van der Waals surface area contributed by atoms with Crippen LogP contribution in [0.2, 0.25) is 0 Å². The summed E-state index contributed by atoms with van der Waals surface area (Å²) < 4.78 is 0. The van der Waals surface area contributed by atoms with Gasteiger partial charge in [0.05, 0.1) is 0 Å². The van der Waals surface area contributed by atoms with E-state index in [1.165, 1.54) is 18.4 Å². The zero-order valence-corrected chi connectivity index (χ0v) is 10.6. The van der Waals surface area contributed by atoms with Crippen molar-refractivity contribution in [3.8, 4) is 0 Å². The molecular weight excluding hydrogens is 198 g/mol. The summed E-state index contributed by atoms with van der Waals surface area (Å²) in [5.41, 5.74) is 8.11. The summed E-state index contributed by atoms with van der Waals surface area (Å²) in [6.45, 7) is 5.94. The largest absolute Gasteiger partial charge is 0.329 e. The highest BCUT2D eigenvalue weighted by molar-refractivity contribution is 5.17. The molecule has 0 spiro atoms. The number of pyridine rings is 1. The molecule has 0 aliphatic rings. The summed E-state index contributed by atoms with van der Waals surface area (Å²) in [7, 11) is 2.13. The van der Waals surface area contributed by atoms with E-state index in [0.29, 0.717) is 12.6 Å². The Balaban J connectivity index is 2.69. The molecule has 3 nitrogen and oxygen atoms in total. The van der Waals surface area contributed by atoms with Crippen LogP contribution >= 0.6 is 0 Å². The van der Waals surface area contributed by atoms with E-state index in [1.54, 1.807) is 0 Å². The summed E-state index contributed by atoms with van der Waals surface area (Å²) >= 11 is 0. The number of hydrogen-bond donors (Lipinski definition) is 1. The van der Waals surface area contributed by atoms with Crippen LogP contribution in [0, 0.1) is 6.92 Å². The first-order valence-electron chi connectivity index (χ1n) is 6.02. The summed E-state index contributed by atoms with van der Waals surface area (Å²) in [6.07, 6.45) is 4.37. The van der Waals surface area contributed by atoms with Gasteiger partial charge < -0.3 is 5.73 Å². The minimum Gasteiger partial charge on any atom is -0.329 e. The third-order valence-corrected chi connectivity index (χ3v) is 2.94. The highest BCUT2D eigenvalue weighted by Crippen LogP contribution is 2.17. The fourth-order valence-electron chi connectivity index (χ4n) is 1.81. The second kappa shape index (κ2) is 6.61. The maximum Gasteiger partial charge on any atom is 0.0482 e. The van der Waals surface area contributed by atoms with Crippen LogP contribution in [0.5, 0.6) is 0 Å². The van der Waals surface area contributed by atoms with Crippen LogP contribution < -0.4 is 5.73 Å². The van der Waals surface area contributed by atoms with Gasteiger partial charge in [-0.05, 0) is 38.6 Å². The average Bonchev–Trinajstić information content (AvgIpc) is 2.30. The molecule has 1 rings (SSSR count). The number of hydrogen-bond acceptors (Lipinski definition) is 3. The Kier molecular flexibility index (Phi) is 5.43. The van der Waals surface area contributed by atoms with Crippen LogP contribution in [-0.2, 0) is 0 Å². The number of rotatable bonds is 6. The molecule has 0 fully saturated rings. The summed E-state index contributed by atoms with van der Waals surface area (Å²) in [4.78, 5) is 6.64. The number of aryl methyl sites for hydroxylation is 1. The van der Waals surface area contributed by atoms with Gasteiger partial charge in [-0.15, -0.1) is 0 Å². The first kappa shape index (κ1) is 13.1. The third kappa shape index (κ3) is 3.58. The van der Waals surface area contributed by atoms with E-state index in [1.807, 2.05) is 19.2 Å². The molecule has 1 aromatic heterocycles. The second-order valence-electron chi connectivity index (χ2n) is 4.32. The van der Waals surface area contributed by atoms with Crippen LogP contribution in [0.4, 0.5) is 0 Å². The summed E-state index contributed by atoms with van der Waals surface area (Å²) in [6, 6.07) is 4.47. The van der Waals surface area contributed by atoms with E-state index in [2.05, 4.69) is 29.9 Å². The minimum absolute atomic E-state index is 0.291. The van der Waals surface area contributed by atoms with Gasteiger partial charge in [-0.1, -0.05) is 19.4 Å². The van der Waals surface area contributed by atoms with Crippen LogP contribution in [0.1, 0.15) is 37.1 Å². The molecule has 90 valence electrons. The Labute approximate surface area is 98.7 Å². The van der Waals surface area contributed by atoms with E-state index in [-0.39, 0.29) is 0 Å². The molecule has 0 saturated heterocycles. The number of unbranched alkanes of at least 4 members (excludes halogenated alkanes) is 1. The van der Waals surface area contributed by atoms with Crippen molar-refractivity contribution in [3.05, 3.63) is 29.6 Å². The molecular formula is C13H23N3. The molecule has 0 saturated carbocycles. The molecule has 1 heterocycles. The van der Waals surface area contributed by atoms with Gasteiger partial charge >= 0.3 is 0 Å². The number of likely N-dealkylation sites (N-methyl/N-ethyl adjacent to an activating group) is 1. The molecule has 0 aliphatic heterocycles. The molecule has 2 N–H and O–H groups in total. The van der Waals surface area contributed by atoms with Crippen molar-refractivity contribution in [3.63, 3.8) is 0 Å². The van der Waals surface area contributed by atoms with Gasteiger partial charge in [0.15, 0.2) is 0 Å². The monoisotopic (exact) mass is 221 g/mol. The quantitative estimate of drug-likeness (QED) is 0.800. The standard InChI is InChI=1S/C13H23N3/c1-4-5-8-16(3)13(9-14)12-7-6-11(2)15-10-12/h6-7,10,13H,4-5,8-9,14H2,1-3H3. The SMILES string of the molecule is CCCCN(C)C(CN)c1ccc(C)nc1. The highest BCUT2D eigenvalue weighted by atomic mass is 15.1. The Morgan fingerprint density at radius 2 is 2.19 bits per heavy atom. The fraction of sp³-hybridized carbons (Fsp3) is 0.615. The zero-order chi connectivity index (χ0) is 12.0. The number of nitrogens with zero attached hydrogens (tertiary/aromatic N) is 2. The van der Waals surface area contributed by atoms with Gasteiger partial charge in [0.25, 0.3) is 0 Å². The van der Waals surface area contributed by atoms with Crippen molar-refractivity contribution in [1.29, 1.82) is 0 Å². The summed E-state index contributed by atoms with van der Waals surface area (Å²) in [5, 5.41) is 0. The smallest absolute Gasteiger partial charge is 0.0482 e. The highest BCUT2D eigenvalue weighted by Gasteiger charge is 2.14. The summed E-state index contributed by atoms with van der Waals surface area (Å²) in [5.74, 6) is 0. The first-order valence-corrected chi connectivity index (χ1v) is 6.02. The van der Waals surface area contributed by atoms with Crippen LogP contribution in [0.15, 0.2) is 18.3 Å². The average molecular weight is 221 g/mol. The van der Waals surface area contributed by atoms with Gasteiger partial charge in [-0.25, -0.2) is 0 Å². The van der Waals surface area contributed by atoms with Crippen LogP contribution in [0.25, 0.3) is 0 Å². The van der Waals surface area contributed by atoms with Crippen LogP contribution in [0.3, 0.4) is 0 Å². The van der Waals surface area contributed by atoms with E-state index < -0.39 is 0 Å². The predicted molar refractivity (Wildman–Crippen MR) is 68.3 cm³/mol. The van der Waals surface area contributed by atoms with Crippen molar-refractivity contribution < 1.29 is 0 Å². The van der Waals surface area contributed by atoms with Gasteiger partial charge in [-0.3, -0.25) is 9.88 Å². The van der Waals surface area contributed by atoms with E-state index in [9.17, 15) is 0 Å². The van der Waals surface area contributed by atoms with Crippen molar-refractivity contribution in [2.75, 3.05) is 20.1 Å². The van der Waals surface area contributed by atoms with Crippen molar-refractivity contribution in [2.45, 2.75) is 32.7 Å². The molecule has 0 aliphatic carbocycles. The van der Waals surface area contributed by atoms with E-state index in [4.69, 9.17) is 5.73 Å². The first-order chi connectivity index (χ1) is 7.69. The maximum atomic E-state index is 5.85. The predicted octanol–water partition coefficient (Wildman–Crippen LogP) is 2.12. The van der Waals surface area contributed by atoms with Crippen molar-refractivity contribution in [2.24, 2.45) is 5.73 Å². The Morgan fingerprint density at radius 3 is 2.69 bits per heavy atom. The maximum absolute atomic E-state index is 5.85. The normalized spacial score (nSPS) is 13.1. The Hall–Kier alpha value is -0.930. The van der Waals surface area contributed by atoms with Crippen molar-refractivity contribution >= 4 is 0 Å². The minimum atomic E-state index is 0.291. The zero-order valence-electron chi connectivity index (χ0n) is 10.6. The molecule has 0 radical (unpaired) electrons. The lowest BCUT2D eigenvalue weighted by Gasteiger charge is -2.27. The van der Waals surface area contributed by atoms with Gasteiger partial charge in [0.1, 0.15) is 0 Å². The molecule has 0 bridgehead atoms. The topological polar surface area (TPSA) is 42.1 Å². The molecule has 0 aromatic carbocycles. The van der Waals surface area contributed by atoms with E-state index >= 15 is 0 Å². The Morgan fingerprint density at radius 1 is 1.44 bits per heavy atom. The Bertz CT molecular complexity index is 295. The molecule has 0 amide bonds. The molecule has 1 atom stereocenters. The van der Waals surface area contributed by atoms with Crippen molar-refractivity contribution in [1.82, 2.24) is 9.88 Å². The lowest BCUT2D eigenvalue weighted by atomic mass is 10.1. The fourth-order valence-corrected chi connectivity index (χ4v) is 1.81. The van der Waals surface area contributed by atoms with Gasteiger partial charge in [-0.2, -0.15) is 0 Å².